The van der Waals surface area contributed by atoms with Crippen LogP contribution in [-0.4, -0.2) is 18.2 Å². The highest BCUT2D eigenvalue weighted by atomic mass is 16.5. The van der Waals surface area contributed by atoms with E-state index in [9.17, 15) is 4.79 Å². The number of methoxy groups -OCH3 is 1. The first kappa shape index (κ1) is 15.1. The van der Waals surface area contributed by atoms with Gasteiger partial charge in [-0.3, -0.25) is 4.79 Å². The zero-order chi connectivity index (χ0) is 15.4. The van der Waals surface area contributed by atoms with Crippen LogP contribution in [0.25, 0.3) is 11.1 Å². The van der Waals surface area contributed by atoms with E-state index in [-0.39, 0.29) is 12.3 Å². The van der Waals surface area contributed by atoms with E-state index >= 15 is 0 Å². The van der Waals surface area contributed by atoms with Crippen molar-refractivity contribution in [1.82, 2.24) is 0 Å². The van der Waals surface area contributed by atoms with Gasteiger partial charge < -0.3 is 9.84 Å². The van der Waals surface area contributed by atoms with Crippen LogP contribution >= 0.6 is 0 Å². The fraction of sp³-hybridized carbons (Fsp3) is 0.278. The number of carboxylic acid groups (broad SMARTS) is 1. The van der Waals surface area contributed by atoms with Gasteiger partial charge in [0.1, 0.15) is 5.75 Å². The highest BCUT2D eigenvalue weighted by molar-refractivity contribution is 5.72. The molecule has 0 aliphatic rings. The molecule has 2 aromatic carbocycles. The van der Waals surface area contributed by atoms with E-state index in [4.69, 9.17) is 9.84 Å². The van der Waals surface area contributed by atoms with E-state index < -0.39 is 5.97 Å². The topological polar surface area (TPSA) is 46.5 Å². The lowest BCUT2D eigenvalue weighted by Gasteiger charge is -2.12. The van der Waals surface area contributed by atoms with Crippen LogP contribution in [0.3, 0.4) is 0 Å². The van der Waals surface area contributed by atoms with Gasteiger partial charge in [0, 0.05) is 5.56 Å². The molecule has 0 amide bonds. The Morgan fingerprint density at radius 3 is 2.43 bits per heavy atom. The molecule has 1 unspecified atom stereocenters. The average molecular weight is 284 g/mol. The van der Waals surface area contributed by atoms with Gasteiger partial charge >= 0.3 is 5.97 Å². The fourth-order valence-corrected chi connectivity index (χ4v) is 2.42. The molecule has 0 spiro atoms. The van der Waals surface area contributed by atoms with Crippen molar-refractivity contribution in [2.75, 3.05) is 7.11 Å². The molecule has 1 N–H and O–H groups in total. The predicted molar refractivity (Wildman–Crippen MR) is 83.8 cm³/mol. The summed E-state index contributed by atoms with van der Waals surface area (Å²) >= 11 is 0. The average Bonchev–Trinajstić information content (AvgIpc) is 2.46. The minimum atomic E-state index is -0.771. The van der Waals surface area contributed by atoms with Crippen LogP contribution in [0.15, 0.2) is 42.5 Å². The first-order valence-corrected chi connectivity index (χ1v) is 6.98. The molecule has 2 rings (SSSR count). The number of carbonyl (C=O) groups is 1. The summed E-state index contributed by atoms with van der Waals surface area (Å²) in [5, 5.41) is 8.86. The molecule has 0 heterocycles. The summed E-state index contributed by atoms with van der Waals surface area (Å²) in [6, 6.07) is 14.1. The van der Waals surface area contributed by atoms with Gasteiger partial charge in [-0.05, 0) is 36.1 Å². The molecular weight excluding hydrogens is 264 g/mol. The third-order valence-corrected chi connectivity index (χ3v) is 3.63. The third-order valence-electron chi connectivity index (χ3n) is 3.63. The van der Waals surface area contributed by atoms with Gasteiger partial charge in [-0.2, -0.15) is 0 Å². The Balaban J connectivity index is 2.31. The number of benzene rings is 2. The minimum absolute atomic E-state index is 0.0101. The van der Waals surface area contributed by atoms with Gasteiger partial charge in [-0.15, -0.1) is 0 Å². The molecule has 0 fully saturated rings. The molecule has 0 aromatic heterocycles. The van der Waals surface area contributed by atoms with Crippen molar-refractivity contribution < 1.29 is 14.6 Å². The van der Waals surface area contributed by atoms with Gasteiger partial charge in [0.05, 0.1) is 13.5 Å². The molecule has 0 aliphatic heterocycles. The Kier molecular flexibility index (Phi) is 4.63. The lowest BCUT2D eigenvalue weighted by molar-refractivity contribution is -0.137. The summed E-state index contributed by atoms with van der Waals surface area (Å²) in [5.41, 5.74) is 4.33. The molecule has 110 valence electrons. The predicted octanol–water partition coefficient (Wildman–Crippen LogP) is 4.25. The third kappa shape index (κ3) is 3.63. The molecule has 3 heteroatoms. The second kappa shape index (κ2) is 6.44. The highest BCUT2D eigenvalue weighted by Gasteiger charge is 2.11. The van der Waals surface area contributed by atoms with Crippen molar-refractivity contribution in [3.05, 3.63) is 53.6 Å². The maximum Gasteiger partial charge on any atom is 0.303 e. The van der Waals surface area contributed by atoms with E-state index in [1.165, 1.54) is 5.56 Å². The van der Waals surface area contributed by atoms with Crippen LogP contribution in [0.4, 0.5) is 0 Å². The van der Waals surface area contributed by atoms with Crippen LogP contribution in [0.2, 0.25) is 0 Å². The molecule has 0 saturated heterocycles. The Hall–Kier alpha value is -2.29. The number of carboxylic acids is 1. The van der Waals surface area contributed by atoms with Crippen molar-refractivity contribution in [2.24, 2.45) is 0 Å². The maximum absolute atomic E-state index is 10.8. The normalized spacial score (nSPS) is 12.0. The SMILES string of the molecule is COc1ccc(C)cc1-c1ccc(C(C)CC(=O)O)cc1. The van der Waals surface area contributed by atoms with Crippen molar-refractivity contribution in [1.29, 1.82) is 0 Å². The Bertz CT molecular complexity index is 629. The number of aryl methyl sites for hydroxylation is 1. The minimum Gasteiger partial charge on any atom is -0.496 e. The molecule has 3 nitrogen and oxygen atoms in total. The summed E-state index contributed by atoms with van der Waals surface area (Å²) in [6.45, 7) is 3.97. The van der Waals surface area contributed by atoms with Crippen LogP contribution in [0, 0.1) is 6.92 Å². The molecule has 0 radical (unpaired) electrons. The van der Waals surface area contributed by atoms with Crippen molar-refractivity contribution in [3.8, 4) is 16.9 Å². The Labute approximate surface area is 125 Å². The first-order chi connectivity index (χ1) is 10.0. The summed E-state index contributed by atoms with van der Waals surface area (Å²) in [7, 11) is 1.66. The van der Waals surface area contributed by atoms with Crippen molar-refractivity contribution >= 4 is 5.97 Å². The fourth-order valence-electron chi connectivity index (χ4n) is 2.42. The van der Waals surface area contributed by atoms with Gasteiger partial charge in [-0.1, -0.05) is 42.8 Å². The van der Waals surface area contributed by atoms with E-state index in [1.807, 2.05) is 50.2 Å². The number of ether oxygens (including phenoxy) is 1. The van der Waals surface area contributed by atoms with Crippen molar-refractivity contribution in [3.63, 3.8) is 0 Å². The molecule has 0 bridgehead atoms. The summed E-state index contributed by atoms with van der Waals surface area (Å²) < 4.78 is 5.41. The van der Waals surface area contributed by atoms with Gasteiger partial charge in [0.2, 0.25) is 0 Å². The van der Waals surface area contributed by atoms with Gasteiger partial charge in [0.25, 0.3) is 0 Å². The first-order valence-electron chi connectivity index (χ1n) is 6.98. The zero-order valence-electron chi connectivity index (χ0n) is 12.6. The molecule has 21 heavy (non-hydrogen) atoms. The van der Waals surface area contributed by atoms with E-state index in [0.717, 1.165) is 22.4 Å². The number of aliphatic carboxylic acids is 1. The Morgan fingerprint density at radius 1 is 1.19 bits per heavy atom. The number of hydrogen-bond donors (Lipinski definition) is 1. The summed E-state index contributed by atoms with van der Waals surface area (Å²) in [5.74, 6) is 0.0785. The highest BCUT2D eigenvalue weighted by Crippen LogP contribution is 2.32. The monoisotopic (exact) mass is 284 g/mol. The molecule has 0 saturated carbocycles. The molecule has 2 aromatic rings. The summed E-state index contributed by atoms with van der Waals surface area (Å²) in [4.78, 5) is 10.8. The van der Waals surface area contributed by atoms with Crippen LogP contribution < -0.4 is 4.74 Å². The smallest absolute Gasteiger partial charge is 0.303 e. The molecular formula is C18H20O3. The molecule has 0 aliphatic carbocycles. The van der Waals surface area contributed by atoms with Crippen molar-refractivity contribution in [2.45, 2.75) is 26.2 Å². The lowest BCUT2D eigenvalue weighted by atomic mass is 9.94. The second-order valence-corrected chi connectivity index (χ2v) is 5.32. The maximum atomic E-state index is 10.8. The summed E-state index contributed by atoms with van der Waals surface area (Å²) in [6.07, 6.45) is 0.146. The molecule has 1 atom stereocenters. The Morgan fingerprint density at radius 2 is 1.86 bits per heavy atom. The lowest BCUT2D eigenvalue weighted by Crippen LogP contribution is -2.02. The van der Waals surface area contributed by atoms with Gasteiger partial charge in [0.15, 0.2) is 0 Å². The van der Waals surface area contributed by atoms with E-state index in [2.05, 4.69) is 6.07 Å². The van der Waals surface area contributed by atoms with E-state index in [0.29, 0.717) is 0 Å². The largest absolute Gasteiger partial charge is 0.496 e. The van der Waals surface area contributed by atoms with Crippen LogP contribution in [0.5, 0.6) is 5.75 Å². The van der Waals surface area contributed by atoms with Gasteiger partial charge in [-0.25, -0.2) is 0 Å². The van der Waals surface area contributed by atoms with Crippen LogP contribution in [-0.2, 0) is 4.79 Å². The zero-order valence-corrected chi connectivity index (χ0v) is 12.6. The quantitative estimate of drug-likeness (QED) is 0.892. The standard InChI is InChI=1S/C18H20O3/c1-12-4-9-17(21-3)16(10-12)15-7-5-14(6-8-15)13(2)11-18(19)20/h4-10,13H,11H2,1-3H3,(H,19,20). The second-order valence-electron chi connectivity index (χ2n) is 5.32. The number of hydrogen-bond acceptors (Lipinski definition) is 2. The van der Waals surface area contributed by atoms with E-state index in [1.54, 1.807) is 7.11 Å². The van der Waals surface area contributed by atoms with Crippen LogP contribution in [0.1, 0.15) is 30.4 Å². The number of rotatable bonds is 5.